The number of hydrogen-bond acceptors (Lipinski definition) is 6. The number of nitriles is 1. The zero-order chi connectivity index (χ0) is 16.9. The second-order valence-electron chi connectivity index (χ2n) is 5.16. The van der Waals surface area contributed by atoms with Crippen LogP contribution in [-0.2, 0) is 15.8 Å². The number of nitrogens with one attached hydrogen (secondary N) is 2. The molecule has 0 bridgehead atoms. The largest absolute Gasteiger partial charge is 0.382 e. The molecule has 4 N–H and O–H groups in total. The van der Waals surface area contributed by atoms with E-state index in [1.165, 1.54) is 4.31 Å². The summed E-state index contributed by atoms with van der Waals surface area (Å²) in [5.74, 6) is -0.457. The van der Waals surface area contributed by atoms with Crippen LogP contribution in [0.2, 0.25) is 0 Å². The highest BCUT2D eigenvalue weighted by Gasteiger charge is 2.25. The third kappa shape index (κ3) is 4.51. The smallest absolute Gasteiger partial charge is 0.218 e. The molecular formula is C14H18N6O2S. The lowest BCUT2D eigenvalue weighted by Gasteiger charge is -2.15. The van der Waals surface area contributed by atoms with E-state index in [0.29, 0.717) is 24.3 Å². The number of amidine groups is 1. The van der Waals surface area contributed by atoms with E-state index in [4.69, 9.17) is 16.4 Å². The highest BCUT2D eigenvalue weighted by Crippen LogP contribution is 2.18. The van der Waals surface area contributed by atoms with Crippen LogP contribution in [0.15, 0.2) is 29.4 Å². The fourth-order valence-electron chi connectivity index (χ4n) is 2.21. The molecular weight excluding hydrogens is 316 g/mol. The first kappa shape index (κ1) is 16.9. The Labute approximate surface area is 135 Å². The molecule has 0 unspecified atom stereocenters. The van der Waals surface area contributed by atoms with Gasteiger partial charge >= 0.3 is 0 Å². The predicted octanol–water partition coefficient (Wildman–Crippen LogP) is 0.840. The van der Waals surface area contributed by atoms with Crippen LogP contribution in [0.25, 0.3) is 0 Å². The van der Waals surface area contributed by atoms with Crippen molar-refractivity contribution in [2.45, 2.75) is 18.6 Å². The number of benzene rings is 1. The minimum absolute atomic E-state index is 0.0343. The van der Waals surface area contributed by atoms with Crippen molar-refractivity contribution in [3.8, 4) is 6.07 Å². The second kappa shape index (κ2) is 7.21. The lowest BCUT2D eigenvalue weighted by Crippen LogP contribution is -2.29. The van der Waals surface area contributed by atoms with Crippen molar-refractivity contribution in [3.63, 3.8) is 0 Å². The third-order valence-electron chi connectivity index (χ3n) is 3.42. The molecule has 0 aliphatic carbocycles. The fraction of sp³-hybridized carbons (Fsp3) is 0.357. The van der Waals surface area contributed by atoms with Crippen molar-refractivity contribution in [1.29, 1.82) is 10.7 Å². The average molecular weight is 334 g/mol. The average Bonchev–Trinajstić information content (AvgIpc) is 3.04. The predicted molar refractivity (Wildman–Crippen MR) is 88.5 cm³/mol. The summed E-state index contributed by atoms with van der Waals surface area (Å²) in [6.45, 7) is 1.19. The molecule has 9 heteroatoms. The first-order chi connectivity index (χ1) is 10.9. The van der Waals surface area contributed by atoms with Gasteiger partial charge in [0.05, 0.1) is 11.4 Å². The third-order valence-corrected chi connectivity index (χ3v) is 5.27. The maximum Gasteiger partial charge on any atom is 0.218 e. The van der Waals surface area contributed by atoms with Crippen LogP contribution in [0.1, 0.15) is 18.4 Å². The van der Waals surface area contributed by atoms with Gasteiger partial charge in [-0.25, -0.2) is 12.7 Å². The standard InChI is InChI=1S/C14H18N6O2S/c15-9-13(14(16)17)19-18-12-5-3-11(4-6-12)10-23(21,22)20-7-1-2-8-20/h3-6,18H,1-2,7-8,10H2,(H3,16,17)/b19-13+. The lowest BCUT2D eigenvalue weighted by atomic mass is 10.2. The van der Waals surface area contributed by atoms with Crippen LogP contribution >= 0.6 is 0 Å². The van der Waals surface area contributed by atoms with E-state index in [1.54, 1.807) is 30.3 Å². The molecule has 8 nitrogen and oxygen atoms in total. The summed E-state index contributed by atoms with van der Waals surface area (Å²) in [6.07, 6.45) is 1.83. The van der Waals surface area contributed by atoms with Crippen molar-refractivity contribution in [2.24, 2.45) is 10.8 Å². The highest BCUT2D eigenvalue weighted by molar-refractivity contribution is 7.88. The first-order valence-electron chi connectivity index (χ1n) is 7.07. The number of hydrogen-bond donors (Lipinski definition) is 3. The summed E-state index contributed by atoms with van der Waals surface area (Å²) in [5.41, 5.74) is 8.82. The lowest BCUT2D eigenvalue weighted by molar-refractivity contribution is 0.476. The van der Waals surface area contributed by atoms with Crippen LogP contribution in [0, 0.1) is 16.7 Å². The van der Waals surface area contributed by atoms with Gasteiger partial charge in [-0.2, -0.15) is 10.4 Å². The Bertz CT molecular complexity index is 742. The SMILES string of the molecule is N#C/C(=N\Nc1ccc(CS(=O)(=O)N2CCCC2)cc1)C(=N)N. The first-order valence-corrected chi connectivity index (χ1v) is 8.68. The Morgan fingerprint density at radius 2 is 1.96 bits per heavy atom. The van der Waals surface area contributed by atoms with Gasteiger partial charge in [0, 0.05) is 13.1 Å². The minimum atomic E-state index is -3.27. The monoisotopic (exact) mass is 334 g/mol. The molecule has 2 rings (SSSR count). The molecule has 1 aromatic rings. The second-order valence-corrected chi connectivity index (χ2v) is 7.13. The van der Waals surface area contributed by atoms with Crippen molar-refractivity contribution in [1.82, 2.24) is 4.31 Å². The van der Waals surface area contributed by atoms with E-state index < -0.39 is 15.9 Å². The Morgan fingerprint density at radius 3 is 2.48 bits per heavy atom. The molecule has 0 saturated carbocycles. The van der Waals surface area contributed by atoms with Gasteiger partial charge < -0.3 is 5.73 Å². The maximum atomic E-state index is 12.2. The number of nitrogens with zero attached hydrogens (tertiary/aromatic N) is 3. The van der Waals surface area contributed by atoms with Crippen molar-refractivity contribution < 1.29 is 8.42 Å². The van der Waals surface area contributed by atoms with Crippen LogP contribution in [0.4, 0.5) is 5.69 Å². The zero-order valence-electron chi connectivity index (χ0n) is 12.5. The number of nitrogens with two attached hydrogens (primary N) is 1. The maximum absolute atomic E-state index is 12.2. The molecule has 0 atom stereocenters. The van der Waals surface area contributed by atoms with Gasteiger partial charge in [0.2, 0.25) is 15.7 Å². The molecule has 1 aliphatic heterocycles. The van der Waals surface area contributed by atoms with Crippen LogP contribution in [-0.4, -0.2) is 37.4 Å². The molecule has 0 radical (unpaired) electrons. The Kier molecular flexibility index (Phi) is 5.31. The summed E-state index contributed by atoms with van der Waals surface area (Å²) >= 11 is 0. The van der Waals surface area contributed by atoms with E-state index in [0.717, 1.165) is 12.8 Å². The van der Waals surface area contributed by atoms with Crippen LogP contribution in [0.5, 0.6) is 0 Å². The molecule has 122 valence electrons. The fourth-order valence-corrected chi connectivity index (χ4v) is 3.82. The molecule has 1 saturated heterocycles. The zero-order valence-corrected chi connectivity index (χ0v) is 13.3. The summed E-state index contributed by atoms with van der Waals surface area (Å²) < 4.78 is 26.0. The number of sulfonamides is 1. The molecule has 0 amide bonds. The molecule has 0 spiro atoms. The number of rotatable bonds is 6. The van der Waals surface area contributed by atoms with Gasteiger partial charge in [0.15, 0.2) is 5.84 Å². The van der Waals surface area contributed by atoms with E-state index >= 15 is 0 Å². The van der Waals surface area contributed by atoms with Gasteiger partial charge in [0.25, 0.3) is 0 Å². The number of hydrazone groups is 1. The normalized spacial score (nSPS) is 16.0. The van der Waals surface area contributed by atoms with Crippen molar-refractivity contribution >= 4 is 27.3 Å². The molecule has 1 heterocycles. The Balaban J connectivity index is 2.02. The topological polar surface area (TPSA) is 135 Å². The van der Waals surface area contributed by atoms with Gasteiger partial charge in [-0.15, -0.1) is 0 Å². The van der Waals surface area contributed by atoms with E-state index in [1.807, 2.05) is 0 Å². The van der Waals surface area contributed by atoms with Gasteiger partial charge in [-0.3, -0.25) is 10.8 Å². The summed E-state index contributed by atoms with van der Waals surface area (Å²) in [4.78, 5) is 0. The van der Waals surface area contributed by atoms with Crippen LogP contribution < -0.4 is 11.2 Å². The number of anilines is 1. The molecule has 23 heavy (non-hydrogen) atoms. The Morgan fingerprint density at radius 1 is 1.35 bits per heavy atom. The summed E-state index contributed by atoms with van der Waals surface area (Å²) in [6, 6.07) is 8.39. The summed E-state index contributed by atoms with van der Waals surface area (Å²) in [5, 5.41) is 19.6. The van der Waals surface area contributed by atoms with E-state index in [9.17, 15) is 8.42 Å². The van der Waals surface area contributed by atoms with Crippen LogP contribution in [0.3, 0.4) is 0 Å². The quantitative estimate of drug-likeness (QED) is 0.402. The van der Waals surface area contributed by atoms with Gasteiger partial charge in [-0.05, 0) is 30.5 Å². The van der Waals surface area contributed by atoms with E-state index in [2.05, 4.69) is 10.5 Å². The summed E-state index contributed by atoms with van der Waals surface area (Å²) in [7, 11) is -3.27. The molecule has 1 fully saturated rings. The Hall–Kier alpha value is -2.44. The molecule has 0 aromatic heterocycles. The van der Waals surface area contributed by atoms with Gasteiger partial charge in [-0.1, -0.05) is 12.1 Å². The minimum Gasteiger partial charge on any atom is -0.382 e. The van der Waals surface area contributed by atoms with Crippen molar-refractivity contribution in [3.05, 3.63) is 29.8 Å². The highest BCUT2D eigenvalue weighted by atomic mass is 32.2. The molecule has 1 aromatic carbocycles. The van der Waals surface area contributed by atoms with Crippen molar-refractivity contribution in [2.75, 3.05) is 18.5 Å². The van der Waals surface area contributed by atoms with E-state index in [-0.39, 0.29) is 11.5 Å². The molecule has 1 aliphatic rings. The van der Waals surface area contributed by atoms with Gasteiger partial charge in [0.1, 0.15) is 6.07 Å².